The van der Waals surface area contributed by atoms with Crippen molar-refractivity contribution in [2.75, 3.05) is 13.7 Å². The van der Waals surface area contributed by atoms with Crippen molar-refractivity contribution < 1.29 is 13.9 Å². The van der Waals surface area contributed by atoms with Crippen LogP contribution in [0.5, 0.6) is 11.5 Å². The second kappa shape index (κ2) is 9.60. The van der Waals surface area contributed by atoms with Gasteiger partial charge in [-0.1, -0.05) is 23.7 Å². The van der Waals surface area contributed by atoms with Crippen molar-refractivity contribution >= 4 is 24.0 Å². The van der Waals surface area contributed by atoms with Gasteiger partial charge in [-0.15, -0.1) is 12.4 Å². The third kappa shape index (κ3) is 5.57. The fourth-order valence-corrected chi connectivity index (χ4v) is 2.45. The number of halogens is 3. The number of rotatable bonds is 7. The van der Waals surface area contributed by atoms with Crippen molar-refractivity contribution in [1.29, 1.82) is 0 Å². The Hall–Kier alpha value is -1.49. The third-order valence-corrected chi connectivity index (χ3v) is 3.43. The van der Waals surface area contributed by atoms with E-state index in [-0.39, 0.29) is 18.2 Å². The Labute approximate surface area is 147 Å². The average Bonchev–Trinajstić information content (AvgIpc) is 2.49. The number of methoxy groups -OCH3 is 1. The standard InChI is InChI=1S/C17H19ClFNO2.ClH/c1-3-22-16-9-13(8-15(18)17(16)21-2)11-20-10-12-4-6-14(19)7-5-12;/h4-9,20H,3,10-11H2,1-2H3;1H. The lowest BCUT2D eigenvalue weighted by molar-refractivity contribution is 0.310. The molecule has 23 heavy (non-hydrogen) atoms. The van der Waals surface area contributed by atoms with Gasteiger partial charge in [0.05, 0.1) is 18.7 Å². The summed E-state index contributed by atoms with van der Waals surface area (Å²) in [5.41, 5.74) is 2.02. The molecule has 1 N–H and O–H groups in total. The second-order valence-corrected chi connectivity index (χ2v) is 5.18. The first kappa shape index (κ1) is 19.6. The van der Waals surface area contributed by atoms with Gasteiger partial charge < -0.3 is 14.8 Å². The van der Waals surface area contributed by atoms with Crippen molar-refractivity contribution in [3.8, 4) is 11.5 Å². The molecule has 0 heterocycles. The van der Waals surface area contributed by atoms with E-state index in [0.717, 1.165) is 11.1 Å². The smallest absolute Gasteiger partial charge is 0.179 e. The fourth-order valence-electron chi connectivity index (χ4n) is 2.14. The molecule has 0 saturated carbocycles. The quantitative estimate of drug-likeness (QED) is 0.783. The van der Waals surface area contributed by atoms with Crippen molar-refractivity contribution in [2.24, 2.45) is 0 Å². The van der Waals surface area contributed by atoms with E-state index in [1.54, 1.807) is 19.2 Å². The van der Waals surface area contributed by atoms with E-state index in [2.05, 4.69) is 5.32 Å². The van der Waals surface area contributed by atoms with Gasteiger partial charge in [-0.2, -0.15) is 0 Å². The van der Waals surface area contributed by atoms with Crippen LogP contribution >= 0.6 is 24.0 Å². The Balaban J connectivity index is 0.00000264. The minimum Gasteiger partial charge on any atom is -0.491 e. The molecule has 0 aliphatic rings. The van der Waals surface area contributed by atoms with Crippen LogP contribution < -0.4 is 14.8 Å². The predicted octanol–water partition coefficient (Wildman–Crippen LogP) is 4.60. The zero-order valence-electron chi connectivity index (χ0n) is 13.1. The largest absolute Gasteiger partial charge is 0.491 e. The third-order valence-electron chi connectivity index (χ3n) is 3.14. The molecule has 0 spiro atoms. The zero-order chi connectivity index (χ0) is 15.9. The molecule has 2 rings (SSSR count). The zero-order valence-corrected chi connectivity index (χ0v) is 14.6. The number of ether oxygens (including phenoxy) is 2. The average molecular weight is 360 g/mol. The minimum atomic E-state index is -0.230. The lowest BCUT2D eigenvalue weighted by Crippen LogP contribution is -2.13. The summed E-state index contributed by atoms with van der Waals surface area (Å²) < 4.78 is 23.6. The van der Waals surface area contributed by atoms with E-state index < -0.39 is 0 Å². The number of benzene rings is 2. The summed E-state index contributed by atoms with van der Waals surface area (Å²) in [4.78, 5) is 0. The molecule has 126 valence electrons. The van der Waals surface area contributed by atoms with Crippen LogP contribution in [-0.2, 0) is 13.1 Å². The highest BCUT2D eigenvalue weighted by molar-refractivity contribution is 6.32. The topological polar surface area (TPSA) is 30.5 Å². The van der Waals surface area contributed by atoms with E-state index in [4.69, 9.17) is 21.1 Å². The van der Waals surface area contributed by atoms with Crippen LogP contribution in [0.1, 0.15) is 18.1 Å². The summed E-state index contributed by atoms with van der Waals surface area (Å²) in [6, 6.07) is 10.2. The molecular weight excluding hydrogens is 340 g/mol. The molecule has 2 aromatic rings. The Morgan fingerprint density at radius 2 is 1.74 bits per heavy atom. The molecule has 0 bridgehead atoms. The molecule has 0 saturated heterocycles. The van der Waals surface area contributed by atoms with Gasteiger partial charge in [0.1, 0.15) is 5.82 Å². The molecule has 0 aromatic heterocycles. The Morgan fingerprint density at radius 3 is 2.35 bits per heavy atom. The summed E-state index contributed by atoms with van der Waals surface area (Å²) in [5, 5.41) is 3.81. The van der Waals surface area contributed by atoms with Crippen molar-refractivity contribution in [1.82, 2.24) is 5.32 Å². The molecule has 0 aliphatic heterocycles. The van der Waals surface area contributed by atoms with Gasteiger partial charge in [0.2, 0.25) is 0 Å². The highest BCUT2D eigenvalue weighted by Crippen LogP contribution is 2.36. The maximum atomic E-state index is 12.8. The van der Waals surface area contributed by atoms with E-state index in [1.807, 2.05) is 19.1 Å². The Bertz CT molecular complexity index is 621. The lowest BCUT2D eigenvalue weighted by atomic mass is 10.2. The van der Waals surface area contributed by atoms with Crippen molar-refractivity contribution in [2.45, 2.75) is 20.0 Å². The molecule has 0 aliphatic carbocycles. The van der Waals surface area contributed by atoms with Gasteiger partial charge >= 0.3 is 0 Å². The van der Waals surface area contributed by atoms with Crippen LogP contribution in [0.15, 0.2) is 36.4 Å². The van der Waals surface area contributed by atoms with Crippen LogP contribution in [0.2, 0.25) is 5.02 Å². The maximum absolute atomic E-state index is 12.8. The molecule has 0 unspecified atom stereocenters. The number of hydrogen-bond donors (Lipinski definition) is 1. The van der Waals surface area contributed by atoms with E-state index in [9.17, 15) is 4.39 Å². The van der Waals surface area contributed by atoms with E-state index >= 15 is 0 Å². The molecule has 0 radical (unpaired) electrons. The van der Waals surface area contributed by atoms with Gasteiger partial charge in [-0.3, -0.25) is 0 Å². The lowest BCUT2D eigenvalue weighted by Gasteiger charge is -2.13. The van der Waals surface area contributed by atoms with Gasteiger partial charge in [0.25, 0.3) is 0 Å². The molecule has 0 amide bonds. The van der Waals surface area contributed by atoms with Gasteiger partial charge in [-0.25, -0.2) is 4.39 Å². The molecule has 2 aromatic carbocycles. The van der Waals surface area contributed by atoms with Gasteiger partial charge in [0, 0.05) is 13.1 Å². The molecular formula is C17H20Cl2FNO2. The second-order valence-electron chi connectivity index (χ2n) is 4.77. The first-order valence-corrected chi connectivity index (χ1v) is 7.46. The SMILES string of the molecule is CCOc1cc(CNCc2ccc(F)cc2)cc(Cl)c1OC.Cl. The van der Waals surface area contributed by atoms with Gasteiger partial charge in [0.15, 0.2) is 11.5 Å². The first-order chi connectivity index (χ1) is 10.6. The minimum absolute atomic E-state index is 0. The van der Waals surface area contributed by atoms with E-state index in [1.165, 1.54) is 12.1 Å². The normalized spacial score (nSPS) is 10.1. The predicted molar refractivity (Wildman–Crippen MR) is 93.4 cm³/mol. The number of hydrogen-bond acceptors (Lipinski definition) is 3. The number of nitrogens with one attached hydrogen (secondary N) is 1. The fraction of sp³-hybridized carbons (Fsp3) is 0.294. The summed E-state index contributed by atoms with van der Waals surface area (Å²) >= 11 is 6.21. The van der Waals surface area contributed by atoms with Crippen LogP contribution in [0.25, 0.3) is 0 Å². The van der Waals surface area contributed by atoms with Crippen LogP contribution in [0.4, 0.5) is 4.39 Å². The monoisotopic (exact) mass is 359 g/mol. The van der Waals surface area contributed by atoms with Crippen LogP contribution in [0.3, 0.4) is 0 Å². The summed E-state index contributed by atoms with van der Waals surface area (Å²) in [5.74, 6) is 0.953. The Kier molecular flexibility index (Phi) is 8.17. The van der Waals surface area contributed by atoms with Crippen LogP contribution in [0, 0.1) is 5.82 Å². The highest BCUT2D eigenvalue weighted by Gasteiger charge is 2.11. The molecule has 0 atom stereocenters. The first-order valence-electron chi connectivity index (χ1n) is 7.08. The summed E-state index contributed by atoms with van der Waals surface area (Å²) in [7, 11) is 1.57. The molecule has 3 nitrogen and oxygen atoms in total. The van der Waals surface area contributed by atoms with Crippen molar-refractivity contribution in [3.63, 3.8) is 0 Å². The van der Waals surface area contributed by atoms with Crippen LogP contribution in [-0.4, -0.2) is 13.7 Å². The molecule has 6 heteroatoms. The van der Waals surface area contributed by atoms with E-state index in [0.29, 0.717) is 36.2 Å². The van der Waals surface area contributed by atoms with Gasteiger partial charge in [-0.05, 0) is 42.3 Å². The highest BCUT2D eigenvalue weighted by atomic mass is 35.5. The molecule has 0 fully saturated rings. The Morgan fingerprint density at radius 1 is 1.09 bits per heavy atom. The summed E-state index contributed by atoms with van der Waals surface area (Å²) in [6.07, 6.45) is 0. The summed E-state index contributed by atoms with van der Waals surface area (Å²) in [6.45, 7) is 3.72. The maximum Gasteiger partial charge on any atom is 0.179 e. The van der Waals surface area contributed by atoms with Crippen molar-refractivity contribution in [3.05, 3.63) is 58.4 Å².